The number of hydrogen-bond acceptors (Lipinski definition) is 5. The minimum atomic E-state index is -0.323. The Hall–Kier alpha value is -1.83. The highest BCUT2D eigenvalue weighted by atomic mass is 35.5. The Morgan fingerprint density at radius 3 is 2.57 bits per heavy atom. The zero-order valence-corrected chi connectivity index (χ0v) is 18.3. The Kier molecular flexibility index (Phi) is 7.15. The number of benzene rings is 1. The number of anilines is 2. The van der Waals surface area contributed by atoms with Gasteiger partial charge in [0.25, 0.3) is 0 Å². The monoisotopic (exact) mass is 438 g/mol. The molecule has 1 aromatic carbocycles. The van der Waals surface area contributed by atoms with Gasteiger partial charge in [-0.15, -0.1) is 11.3 Å². The molecule has 0 atom stereocenters. The highest BCUT2D eigenvalue weighted by Gasteiger charge is 2.25. The number of aryl methyl sites for hydroxylation is 1. The summed E-state index contributed by atoms with van der Waals surface area (Å²) in [6.07, 6.45) is 6.52. The summed E-state index contributed by atoms with van der Waals surface area (Å²) in [7, 11) is 2.98. The molecule has 0 unspecified atom stereocenters. The van der Waals surface area contributed by atoms with Gasteiger partial charge < -0.3 is 20.1 Å². The van der Waals surface area contributed by atoms with Gasteiger partial charge in [-0.25, -0.2) is 4.79 Å². The van der Waals surface area contributed by atoms with Crippen LogP contribution in [-0.2, 0) is 17.6 Å². The van der Waals surface area contributed by atoms with Crippen LogP contribution >= 0.6 is 35.2 Å². The average Bonchev–Trinajstić information content (AvgIpc) is 2.97. The number of methoxy groups -OCH3 is 2. The van der Waals surface area contributed by atoms with Crippen LogP contribution in [0.25, 0.3) is 0 Å². The van der Waals surface area contributed by atoms with E-state index in [9.17, 15) is 4.79 Å². The normalized spacial score (nSPS) is 13.7. The van der Waals surface area contributed by atoms with E-state index >= 15 is 0 Å². The predicted molar refractivity (Wildman–Crippen MR) is 119 cm³/mol. The average molecular weight is 439 g/mol. The van der Waals surface area contributed by atoms with Crippen molar-refractivity contribution in [2.75, 3.05) is 24.9 Å². The third-order valence-corrected chi connectivity index (χ3v) is 6.40. The van der Waals surface area contributed by atoms with Crippen LogP contribution in [-0.4, -0.2) is 25.3 Å². The van der Waals surface area contributed by atoms with Gasteiger partial charge in [-0.1, -0.05) is 24.4 Å². The summed E-state index contributed by atoms with van der Waals surface area (Å²) in [5.41, 5.74) is 2.45. The van der Waals surface area contributed by atoms with E-state index in [1.807, 2.05) is 6.07 Å². The van der Waals surface area contributed by atoms with Crippen LogP contribution in [0, 0.1) is 0 Å². The molecule has 2 N–H and O–H groups in total. The van der Waals surface area contributed by atoms with E-state index in [0.29, 0.717) is 21.4 Å². The molecule has 1 aromatic heterocycles. The second-order valence-corrected chi connectivity index (χ2v) is 8.46. The van der Waals surface area contributed by atoms with Crippen molar-refractivity contribution in [2.45, 2.75) is 38.5 Å². The van der Waals surface area contributed by atoms with Crippen molar-refractivity contribution >= 4 is 56.9 Å². The third kappa shape index (κ3) is 4.77. The molecule has 0 aliphatic heterocycles. The van der Waals surface area contributed by atoms with E-state index in [2.05, 4.69) is 10.6 Å². The van der Waals surface area contributed by atoms with Gasteiger partial charge in [0, 0.05) is 10.6 Å². The maximum absolute atomic E-state index is 12.5. The van der Waals surface area contributed by atoms with Crippen LogP contribution < -0.4 is 15.4 Å². The number of thiocarbonyl (C=S) groups is 1. The summed E-state index contributed by atoms with van der Waals surface area (Å²) in [4.78, 5) is 13.7. The summed E-state index contributed by atoms with van der Waals surface area (Å²) in [5, 5.41) is 7.90. The molecule has 150 valence electrons. The van der Waals surface area contributed by atoms with Gasteiger partial charge in [0.15, 0.2) is 5.11 Å². The summed E-state index contributed by atoms with van der Waals surface area (Å²) < 4.78 is 10.2. The first kappa shape index (κ1) is 20.9. The lowest BCUT2D eigenvalue weighted by molar-refractivity contribution is 0.0601. The third-order valence-electron chi connectivity index (χ3n) is 4.70. The van der Waals surface area contributed by atoms with Crippen molar-refractivity contribution in [3.63, 3.8) is 0 Å². The van der Waals surface area contributed by atoms with Gasteiger partial charge in [-0.05, 0) is 61.7 Å². The lowest BCUT2D eigenvalue weighted by atomic mass is 9.96. The molecule has 3 rings (SSSR count). The Labute approximate surface area is 179 Å². The molecule has 0 saturated heterocycles. The fourth-order valence-corrected chi connectivity index (χ4v) is 5.16. The van der Waals surface area contributed by atoms with E-state index < -0.39 is 0 Å². The molecule has 28 heavy (non-hydrogen) atoms. The number of rotatable bonds is 4. The Balaban J connectivity index is 1.82. The molecule has 8 heteroatoms. The van der Waals surface area contributed by atoms with Gasteiger partial charge >= 0.3 is 5.97 Å². The van der Waals surface area contributed by atoms with E-state index in [4.69, 9.17) is 33.3 Å². The number of thiophene rings is 1. The smallest absolute Gasteiger partial charge is 0.341 e. The minimum Gasteiger partial charge on any atom is -0.495 e. The van der Waals surface area contributed by atoms with E-state index in [0.717, 1.165) is 41.9 Å². The largest absolute Gasteiger partial charge is 0.495 e. The second kappa shape index (κ2) is 9.58. The summed E-state index contributed by atoms with van der Waals surface area (Å²) >= 11 is 13.2. The number of hydrogen-bond donors (Lipinski definition) is 2. The molecule has 2 aromatic rings. The number of carbonyl (C=O) groups excluding carboxylic acids is 1. The van der Waals surface area contributed by atoms with Crippen molar-refractivity contribution in [1.82, 2.24) is 0 Å². The molecule has 0 radical (unpaired) electrons. The Bertz CT molecular complexity index is 883. The minimum absolute atomic E-state index is 0.323. The lowest BCUT2D eigenvalue weighted by Gasteiger charge is -2.12. The first-order chi connectivity index (χ1) is 13.5. The maximum Gasteiger partial charge on any atom is 0.341 e. The second-order valence-electron chi connectivity index (χ2n) is 6.54. The standard InChI is InChI=1S/C20H23ClN2O3S2/c1-25-15-10-9-12(11-14(15)21)22-20(27)23-18-17(19(24)26-2)13-7-5-3-4-6-8-16(13)28-18/h9-11H,3-8H2,1-2H3,(H2,22,23,27). The number of fused-ring (bicyclic) bond motifs is 1. The van der Waals surface area contributed by atoms with Crippen molar-refractivity contribution < 1.29 is 14.3 Å². The molecule has 0 saturated carbocycles. The molecule has 0 bridgehead atoms. The van der Waals surface area contributed by atoms with Crippen LogP contribution in [0.1, 0.15) is 46.5 Å². The first-order valence-corrected chi connectivity index (χ1v) is 10.8. The molecule has 0 fully saturated rings. The molecule has 0 amide bonds. The van der Waals surface area contributed by atoms with Gasteiger partial charge in [0.1, 0.15) is 10.8 Å². The molecule has 0 spiro atoms. The fourth-order valence-electron chi connectivity index (χ4n) is 3.34. The van der Waals surface area contributed by atoms with E-state index in [1.165, 1.54) is 24.8 Å². The van der Waals surface area contributed by atoms with Gasteiger partial charge in [-0.3, -0.25) is 0 Å². The maximum atomic E-state index is 12.5. The number of ether oxygens (including phenoxy) is 2. The van der Waals surface area contributed by atoms with Crippen LogP contribution in [0.5, 0.6) is 5.75 Å². The first-order valence-electron chi connectivity index (χ1n) is 9.18. The van der Waals surface area contributed by atoms with Gasteiger partial charge in [0.05, 0.1) is 24.8 Å². The highest BCUT2D eigenvalue weighted by Crippen LogP contribution is 2.37. The topological polar surface area (TPSA) is 59.6 Å². The zero-order chi connectivity index (χ0) is 20.1. The molecular weight excluding hydrogens is 416 g/mol. The summed E-state index contributed by atoms with van der Waals surface area (Å²) in [6, 6.07) is 5.33. The van der Waals surface area contributed by atoms with Crippen molar-refractivity contribution in [1.29, 1.82) is 0 Å². The van der Waals surface area contributed by atoms with Crippen molar-refractivity contribution in [3.05, 3.63) is 39.2 Å². The fraction of sp³-hybridized carbons (Fsp3) is 0.400. The summed E-state index contributed by atoms with van der Waals surface area (Å²) in [5.74, 6) is 0.271. The number of halogens is 1. The van der Waals surface area contributed by atoms with Crippen LogP contribution in [0.4, 0.5) is 10.7 Å². The molecule has 1 heterocycles. The molecule has 1 aliphatic carbocycles. The number of esters is 1. The lowest BCUT2D eigenvalue weighted by Crippen LogP contribution is -2.20. The summed E-state index contributed by atoms with van der Waals surface area (Å²) in [6.45, 7) is 0. The van der Waals surface area contributed by atoms with Crippen molar-refractivity contribution in [3.8, 4) is 5.75 Å². The molecule has 1 aliphatic rings. The van der Waals surface area contributed by atoms with Gasteiger partial charge in [-0.2, -0.15) is 0 Å². The van der Waals surface area contributed by atoms with E-state index in [-0.39, 0.29) is 5.97 Å². The number of nitrogens with one attached hydrogen (secondary N) is 2. The Morgan fingerprint density at radius 1 is 1.14 bits per heavy atom. The highest BCUT2D eigenvalue weighted by molar-refractivity contribution is 7.80. The van der Waals surface area contributed by atoms with Gasteiger partial charge in [0.2, 0.25) is 0 Å². The van der Waals surface area contributed by atoms with E-state index in [1.54, 1.807) is 30.6 Å². The SMILES string of the molecule is COC(=O)c1c(NC(=S)Nc2ccc(OC)c(Cl)c2)sc2c1CCCCCC2. The van der Waals surface area contributed by atoms with Crippen LogP contribution in [0.3, 0.4) is 0 Å². The Morgan fingerprint density at radius 2 is 1.89 bits per heavy atom. The van der Waals surface area contributed by atoms with Crippen LogP contribution in [0.15, 0.2) is 18.2 Å². The quantitative estimate of drug-likeness (QED) is 0.474. The molecule has 5 nitrogen and oxygen atoms in total. The van der Waals surface area contributed by atoms with Crippen LogP contribution in [0.2, 0.25) is 5.02 Å². The number of carbonyl (C=O) groups is 1. The zero-order valence-electron chi connectivity index (χ0n) is 15.9. The molecular formula is C20H23ClN2O3S2. The van der Waals surface area contributed by atoms with Crippen molar-refractivity contribution in [2.24, 2.45) is 0 Å². The predicted octanol–water partition coefficient (Wildman–Crippen LogP) is 5.66.